The van der Waals surface area contributed by atoms with E-state index in [1.165, 1.54) is 0 Å². The number of para-hydroxylation sites is 1. The molecule has 0 spiro atoms. The van der Waals surface area contributed by atoms with Crippen molar-refractivity contribution in [2.24, 2.45) is 0 Å². The summed E-state index contributed by atoms with van der Waals surface area (Å²) in [6.07, 6.45) is -0.281. The first-order valence-corrected chi connectivity index (χ1v) is 6.63. The molecular formula is C17H13NaO4. The fraction of sp³-hybridized carbons (Fsp3) is 0.176. The van der Waals surface area contributed by atoms with Crippen LogP contribution in [0, 0.1) is 13.8 Å². The molecule has 3 rings (SSSR count). The van der Waals surface area contributed by atoms with Crippen molar-refractivity contribution in [1.82, 2.24) is 0 Å². The minimum Gasteiger partial charge on any atom is -0.550 e. The molecule has 1 aromatic heterocycles. The van der Waals surface area contributed by atoms with Crippen LogP contribution in [-0.2, 0) is 11.2 Å². The summed E-state index contributed by atoms with van der Waals surface area (Å²) in [5, 5.41) is 11.8. The van der Waals surface area contributed by atoms with Crippen molar-refractivity contribution in [2.45, 2.75) is 20.3 Å². The van der Waals surface area contributed by atoms with Gasteiger partial charge < -0.3 is 14.3 Å². The Hall–Kier alpha value is -1.62. The number of hydrogen-bond donors (Lipinski definition) is 0. The molecular weight excluding hydrogens is 291 g/mol. The number of aliphatic carboxylic acids is 1. The van der Waals surface area contributed by atoms with E-state index in [1.54, 1.807) is 24.3 Å². The zero-order valence-corrected chi connectivity index (χ0v) is 14.7. The minimum absolute atomic E-state index is 0. The van der Waals surface area contributed by atoms with Gasteiger partial charge in [0.2, 0.25) is 5.43 Å². The van der Waals surface area contributed by atoms with Gasteiger partial charge in [0.1, 0.15) is 11.2 Å². The van der Waals surface area contributed by atoms with Crippen LogP contribution in [0.2, 0.25) is 0 Å². The van der Waals surface area contributed by atoms with Crippen LogP contribution < -0.4 is 40.1 Å². The van der Waals surface area contributed by atoms with Crippen molar-refractivity contribution < 1.29 is 43.9 Å². The summed E-state index contributed by atoms with van der Waals surface area (Å²) in [7, 11) is 0. The van der Waals surface area contributed by atoms with Crippen LogP contribution in [0.4, 0.5) is 0 Å². The van der Waals surface area contributed by atoms with Gasteiger partial charge in [-0.25, -0.2) is 0 Å². The van der Waals surface area contributed by atoms with Gasteiger partial charge in [0, 0.05) is 18.0 Å². The van der Waals surface area contributed by atoms with E-state index in [2.05, 4.69) is 0 Å². The SMILES string of the molecule is Cc1ccc2c(=O)c3cccc(CC(=O)[O-])c3oc2c1C.[Na+]. The van der Waals surface area contributed by atoms with Crippen LogP contribution in [0.15, 0.2) is 39.5 Å². The Morgan fingerprint density at radius 1 is 1.09 bits per heavy atom. The summed E-state index contributed by atoms with van der Waals surface area (Å²) in [6, 6.07) is 8.57. The Morgan fingerprint density at radius 2 is 1.77 bits per heavy atom. The van der Waals surface area contributed by atoms with E-state index in [4.69, 9.17) is 4.42 Å². The quantitative estimate of drug-likeness (QED) is 0.443. The standard InChI is InChI=1S/C17H14O4.Na/c1-9-6-7-13-15(20)12-5-3-4-11(8-14(18)19)17(12)21-16(13)10(9)2;/h3-7H,8H2,1-2H3,(H,18,19);/q;+1/p-1. The molecule has 0 aliphatic carbocycles. The van der Waals surface area contributed by atoms with Gasteiger partial charge >= 0.3 is 29.6 Å². The Morgan fingerprint density at radius 3 is 2.45 bits per heavy atom. The van der Waals surface area contributed by atoms with Crippen molar-refractivity contribution in [1.29, 1.82) is 0 Å². The van der Waals surface area contributed by atoms with Gasteiger partial charge in [-0.2, -0.15) is 0 Å². The molecule has 22 heavy (non-hydrogen) atoms. The minimum atomic E-state index is -1.20. The molecule has 4 nitrogen and oxygen atoms in total. The van der Waals surface area contributed by atoms with E-state index < -0.39 is 5.97 Å². The molecule has 0 radical (unpaired) electrons. The maximum atomic E-state index is 12.6. The van der Waals surface area contributed by atoms with E-state index in [1.807, 2.05) is 19.9 Å². The van der Waals surface area contributed by atoms with Crippen LogP contribution in [0.25, 0.3) is 21.9 Å². The van der Waals surface area contributed by atoms with Gasteiger partial charge in [-0.3, -0.25) is 4.79 Å². The number of carboxylic acids is 1. The Labute approximate surface area is 149 Å². The molecule has 0 saturated heterocycles. The van der Waals surface area contributed by atoms with Crippen molar-refractivity contribution in [3.8, 4) is 0 Å². The van der Waals surface area contributed by atoms with Gasteiger partial charge in [0.05, 0.1) is 10.8 Å². The summed E-state index contributed by atoms with van der Waals surface area (Å²) in [5.74, 6) is -1.20. The van der Waals surface area contributed by atoms with E-state index >= 15 is 0 Å². The van der Waals surface area contributed by atoms with E-state index in [-0.39, 0.29) is 41.4 Å². The summed E-state index contributed by atoms with van der Waals surface area (Å²) in [4.78, 5) is 23.4. The number of aryl methyl sites for hydroxylation is 2. The maximum absolute atomic E-state index is 12.6. The van der Waals surface area contributed by atoms with Gasteiger partial charge in [-0.15, -0.1) is 0 Å². The average Bonchev–Trinajstić information content (AvgIpc) is 2.44. The number of hydrogen-bond acceptors (Lipinski definition) is 4. The maximum Gasteiger partial charge on any atom is 1.00 e. The number of fused-ring (bicyclic) bond motifs is 2. The van der Waals surface area contributed by atoms with Gasteiger partial charge in [0.15, 0.2) is 0 Å². The van der Waals surface area contributed by atoms with Crippen LogP contribution in [0.3, 0.4) is 0 Å². The molecule has 0 N–H and O–H groups in total. The molecule has 0 atom stereocenters. The van der Waals surface area contributed by atoms with Gasteiger partial charge in [0.25, 0.3) is 0 Å². The average molecular weight is 304 g/mol. The zero-order valence-electron chi connectivity index (χ0n) is 12.7. The van der Waals surface area contributed by atoms with Crippen LogP contribution in [0.1, 0.15) is 16.7 Å². The van der Waals surface area contributed by atoms with Crippen LogP contribution >= 0.6 is 0 Å². The summed E-state index contributed by atoms with van der Waals surface area (Å²) in [6.45, 7) is 3.82. The molecule has 0 unspecified atom stereocenters. The fourth-order valence-electron chi connectivity index (χ4n) is 2.53. The molecule has 0 fully saturated rings. The normalized spacial score (nSPS) is 10.6. The molecule has 106 valence electrons. The molecule has 0 saturated carbocycles. The van der Waals surface area contributed by atoms with Crippen LogP contribution in [-0.4, -0.2) is 5.97 Å². The smallest absolute Gasteiger partial charge is 0.550 e. The molecule has 3 aromatic rings. The second kappa shape index (κ2) is 6.24. The largest absolute Gasteiger partial charge is 1.00 e. The number of carbonyl (C=O) groups excluding carboxylic acids is 1. The second-order valence-corrected chi connectivity index (χ2v) is 5.16. The summed E-state index contributed by atoms with van der Waals surface area (Å²) >= 11 is 0. The number of benzene rings is 2. The van der Waals surface area contributed by atoms with Crippen LogP contribution in [0.5, 0.6) is 0 Å². The molecule has 0 bridgehead atoms. The van der Waals surface area contributed by atoms with E-state index in [0.29, 0.717) is 27.5 Å². The third kappa shape index (κ3) is 2.70. The first-order valence-electron chi connectivity index (χ1n) is 6.63. The first kappa shape index (κ1) is 16.7. The number of rotatable bonds is 2. The van der Waals surface area contributed by atoms with Crippen molar-refractivity contribution in [3.05, 3.63) is 57.2 Å². The molecule has 0 amide bonds. The Balaban J connectivity index is 0.00000176. The second-order valence-electron chi connectivity index (χ2n) is 5.16. The molecule has 5 heteroatoms. The third-order valence-corrected chi connectivity index (χ3v) is 3.80. The summed E-state index contributed by atoms with van der Waals surface area (Å²) < 4.78 is 5.88. The fourth-order valence-corrected chi connectivity index (χ4v) is 2.53. The molecule has 1 heterocycles. The van der Waals surface area contributed by atoms with Crippen molar-refractivity contribution in [3.63, 3.8) is 0 Å². The Kier molecular flexibility index (Phi) is 4.75. The number of carboxylic acid groups (broad SMARTS) is 1. The van der Waals surface area contributed by atoms with Gasteiger partial charge in [-0.05, 0) is 37.1 Å². The van der Waals surface area contributed by atoms with E-state index in [9.17, 15) is 14.7 Å². The zero-order chi connectivity index (χ0) is 15.1. The molecule has 2 aromatic carbocycles. The topological polar surface area (TPSA) is 70.3 Å². The van der Waals surface area contributed by atoms with Crippen molar-refractivity contribution >= 4 is 27.9 Å². The predicted octanol–water partition coefficient (Wildman–Crippen LogP) is -1.14. The van der Waals surface area contributed by atoms with E-state index in [0.717, 1.165) is 11.1 Å². The molecule has 0 aliphatic rings. The first-order chi connectivity index (χ1) is 9.99. The Bertz CT molecular complexity index is 941. The molecule has 0 aliphatic heterocycles. The summed E-state index contributed by atoms with van der Waals surface area (Å²) in [5.41, 5.74) is 3.05. The van der Waals surface area contributed by atoms with Crippen molar-refractivity contribution in [2.75, 3.05) is 0 Å². The predicted molar refractivity (Wildman–Crippen MR) is 78.2 cm³/mol. The van der Waals surface area contributed by atoms with Gasteiger partial charge in [-0.1, -0.05) is 18.2 Å². The third-order valence-electron chi connectivity index (χ3n) is 3.80. The monoisotopic (exact) mass is 304 g/mol. The number of carbonyl (C=O) groups is 1.